The van der Waals surface area contributed by atoms with Crippen molar-refractivity contribution in [3.63, 3.8) is 0 Å². The lowest BCUT2D eigenvalue weighted by molar-refractivity contribution is 0.0724. The molecule has 2 rings (SSSR count). The van der Waals surface area contributed by atoms with Crippen molar-refractivity contribution in [3.8, 4) is 0 Å². The average molecular weight is 256 g/mol. The molecule has 0 saturated carbocycles. The van der Waals surface area contributed by atoms with Crippen LogP contribution in [0.4, 0.5) is 5.13 Å². The van der Waals surface area contributed by atoms with Crippen molar-refractivity contribution in [1.29, 1.82) is 0 Å². The molecule has 1 atom stereocenters. The Labute approximate surface area is 106 Å². The summed E-state index contributed by atoms with van der Waals surface area (Å²) in [6, 6.07) is 0. The molecule has 1 aliphatic heterocycles. The third-order valence-electron chi connectivity index (χ3n) is 2.97. The first kappa shape index (κ1) is 12.7. The lowest BCUT2D eigenvalue weighted by atomic mass is 10.2. The predicted octanol–water partition coefficient (Wildman–Crippen LogP) is 1.58. The van der Waals surface area contributed by atoms with E-state index in [0.29, 0.717) is 6.10 Å². The highest BCUT2D eigenvalue weighted by molar-refractivity contribution is 7.15. The van der Waals surface area contributed by atoms with Crippen molar-refractivity contribution in [2.75, 3.05) is 32.1 Å². The number of anilines is 1. The SMILES string of the molecule is CCN(Cc1nnc(NC)s1)CC1CCCO1. The first-order valence-electron chi connectivity index (χ1n) is 6.16. The monoisotopic (exact) mass is 256 g/mol. The summed E-state index contributed by atoms with van der Waals surface area (Å²) in [5, 5.41) is 13.2. The second-order valence-electron chi connectivity index (χ2n) is 4.21. The molecular formula is C11H20N4OS. The van der Waals surface area contributed by atoms with Gasteiger partial charge in [0, 0.05) is 20.2 Å². The zero-order valence-corrected chi connectivity index (χ0v) is 11.3. The summed E-state index contributed by atoms with van der Waals surface area (Å²) in [7, 11) is 1.87. The molecule has 1 aromatic heterocycles. The molecule has 1 N–H and O–H groups in total. The largest absolute Gasteiger partial charge is 0.377 e. The summed E-state index contributed by atoms with van der Waals surface area (Å²) in [4.78, 5) is 2.37. The van der Waals surface area contributed by atoms with Gasteiger partial charge in [0.05, 0.1) is 12.6 Å². The summed E-state index contributed by atoms with van der Waals surface area (Å²) >= 11 is 1.62. The molecule has 1 fully saturated rings. The van der Waals surface area contributed by atoms with Crippen LogP contribution in [0.2, 0.25) is 0 Å². The summed E-state index contributed by atoms with van der Waals surface area (Å²) in [5.74, 6) is 0. The van der Waals surface area contributed by atoms with E-state index < -0.39 is 0 Å². The van der Waals surface area contributed by atoms with Crippen molar-refractivity contribution in [2.24, 2.45) is 0 Å². The van der Waals surface area contributed by atoms with E-state index in [1.54, 1.807) is 11.3 Å². The molecule has 0 aromatic carbocycles. The van der Waals surface area contributed by atoms with E-state index in [-0.39, 0.29) is 0 Å². The van der Waals surface area contributed by atoms with Crippen LogP contribution in [0.25, 0.3) is 0 Å². The van der Waals surface area contributed by atoms with Crippen molar-refractivity contribution in [1.82, 2.24) is 15.1 Å². The maximum Gasteiger partial charge on any atom is 0.205 e. The Kier molecular flexibility index (Phi) is 4.70. The van der Waals surface area contributed by atoms with E-state index >= 15 is 0 Å². The smallest absolute Gasteiger partial charge is 0.205 e. The van der Waals surface area contributed by atoms with Gasteiger partial charge in [0.1, 0.15) is 5.01 Å². The van der Waals surface area contributed by atoms with Crippen molar-refractivity contribution in [3.05, 3.63) is 5.01 Å². The molecule has 1 aromatic rings. The lowest BCUT2D eigenvalue weighted by Crippen LogP contribution is -2.31. The Bertz CT molecular complexity index is 338. The van der Waals surface area contributed by atoms with E-state index in [0.717, 1.165) is 36.4 Å². The zero-order valence-electron chi connectivity index (χ0n) is 10.5. The van der Waals surface area contributed by atoms with Gasteiger partial charge in [0.15, 0.2) is 0 Å². The fourth-order valence-corrected chi connectivity index (χ4v) is 2.73. The number of likely N-dealkylation sites (N-methyl/N-ethyl adjacent to an activating group) is 1. The fraction of sp³-hybridized carbons (Fsp3) is 0.818. The van der Waals surface area contributed by atoms with Crippen LogP contribution in [-0.2, 0) is 11.3 Å². The van der Waals surface area contributed by atoms with Crippen LogP contribution in [0.3, 0.4) is 0 Å². The van der Waals surface area contributed by atoms with Crippen LogP contribution in [0, 0.1) is 0 Å². The second kappa shape index (κ2) is 6.28. The number of nitrogens with zero attached hydrogens (tertiary/aromatic N) is 3. The minimum atomic E-state index is 0.409. The van der Waals surface area contributed by atoms with Crippen LogP contribution in [0.5, 0.6) is 0 Å². The fourth-order valence-electron chi connectivity index (χ4n) is 1.99. The van der Waals surface area contributed by atoms with E-state index in [1.807, 2.05) is 7.05 Å². The predicted molar refractivity (Wildman–Crippen MR) is 69.4 cm³/mol. The topological polar surface area (TPSA) is 50.3 Å². The molecule has 2 heterocycles. The van der Waals surface area contributed by atoms with E-state index in [9.17, 15) is 0 Å². The van der Waals surface area contributed by atoms with Gasteiger partial charge in [-0.25, -0.2) is 0 Å². The number of aromatic nitrogens is 2. The summed E-state index contributed by atoms with van der Waals surface area (Å²) in [5.41, 5.74) is 0. The van der Waals surface area contributed by atoms with Crippen LogP contribution in [0.15, 0.2) is 0 Å². The molecule has 6 heteroatoms. The summed E-state index contributed by atoms with van der Waals surface area (Å²) in [6.07, 6.45) is 2.80. The second-order valence-corrected chi connectivity index (χ2v) is 5.28. The maximum absolute atomic E-state index is 5.66. The van der Waals surface area contributed by atoms with E-state index in [4.69, 9.17) is 4.74 Å². The van der Waals surface area contributed by atoms with Gasteiger partial charge in [0.25, 0.3) is 0 Å². The van der Waals surface area contributed by atoms with Crippen molar-refractivity contribution < 1.29 is 4.74 Å². The highest BCUT2D eigenvalue weighted by Crippen LogP contribution is 2.18. The molecule has 0 radical (unpaired) electrons. The molecule has 17 heavy (non-hydrogen) atoms. The Hall–Kier alpha value is -0.720. The van der Waals surface area contributed by atoms with Gasteiger partial charge in [-0.2, -0.15) is 0 Å². The standard InChI is InChI=1S/C11H20N4OS/c1-3-15(7-9-5-4-6-16-9)8-10-13-14-11(12-2)17-10/h9H,3-8H2,1-2H3,(H,12,14). The molecule has 96 valence electrons. The van der Waals surface area contributed by atoms with Crippen molar-refractivity contribution in [2.45, 2.75) is 32.4 Å². The average Bonchev–Trinajstić information content (AvgIpc) is 2.99. The third-order valence-corrected chi connectivity index (χ3v) is 3.90. The molecule has 0 aliphatic carbocycles. The summed E-state index contributed by atoms with van der Waals surface area (Å²) in [6.45, 7) is 5.99. The van der Waals surface area contributed by atoms with Gasteiger partial charge in [-0.1, -0.05) is 18.3 Å². The lowest BCUT2D eigenvalue weighted by Gasteiger charge is -2.22. The van der Waals surface area contributed by atoms with Crippen LogP contribution >= 0.6 is 11.3 Å². The zero-order chi connectivity index (χ0) is 12.1. The Morgan fingerprint density at radius 1 is 1.53 bits per heavy atom. The Morgan fingerprint density at radius 2 is 2.41 bits per heavy atom. The van der Waals surface area contributed by atoms with E-state index in [2.05, 4.69) is 27.3 Å². The number of hydrogen-bond acceptors (Lipinski definition) is 6. The van der Waals surface area contributed by atoms with Crippen LogP contribution < -0.4 is 5.32 Å². The first-order chi connectivity index (χ1) is 8.31. The Morgan fingerprint density at radius 3 is 3.00 bits per heavy atom. The number of ether oxygens (including phenoxy) is 1. The highest BCUT2D eigenvalue weighted by atomic mass is 32.1. The van der Waals surface area contributed by atoms with Gasteiger partial charge in [-0.05, 0) is 19.4 Å². The summed E-state index contributed by atoms with van der Waals surface area (Å²) < 4.78 is 5.66. The molecule has 1 unspecified atom stereocenters. The normalized spacial score (nSPS) is 20.1. The highest BCUT2D eigenvalue weighted by Gasteiger charge is 2.19. The van der Waals surface area contributed by atoms with Gasteiger partial charge in [-0.15, -0.1) is 10.2 Å². The minimum absolute atomic E-state index is 0.409. The molecular weight excluding hydrogens is 236 g/mol. The maximum atomic E-state index is 5.66. The molecule has 5 nitrogen and oxygen atoms in total. The number of rotatable bonds is 6. The number of hydrogen-bond donors (Lipinski definition) is 1. The van der Waals surface area contributed by atoms with Gasteiger partial charge >= 0.3 is 0 Å². The number of nitrogens with one attached hydrogen (secondary N) is 1. The van der Waals surface area contributed by atoms with Crippen LogP contribution in [-0.4, -0.2) is 47.9 Å². The van der Waals surface area contributed by atoms with Gasteiger partial charge < -0.3 is 10.1 Å². The van der Waals surface area contributed by atoms with E-state index in [1.165, 1.54) is 12.8 Å². The molecule has 0 spiro atoms. The molecule has 1 aliphatic rings. The molecule has 0 amide bonds. The van der Waals surface area contributed by atoms with Crippen molar-refractivity contribution >= 4 is 16.5 Å². The van der Waals surface area contributed by atoms with Gasteiger partial charge in [0.2, 0.25) is 5.13 Å². The first-order valence-corrected chi connectivity index (χ1v) is 6.97. The van der Waals surface area contributed by atoms with Crippen LogP contribution in [0.1, 0.15) is 24.8 Å². The minimum Gasteiger partial charge on any atom is -0.377 e. The Balaban J connectivity index is 1.85. The van der Waals surface area contributed by atoms with Gasteiger partial charge in [-0.3, -0.25) is 4.90 Å². The molecule has 1 saturated heterocycles. The third kappa shape index (κ3) is 3.62. The molecule has 0 bridgehead atoms. The quantitative estimate of drug-likeness (QED) is 0.837.